The lowest BCUT2D eigenvalue weighted by atomic mass is 10.1. The van der Waals surface area contributed by atoms with E-state index in [-0.39, 0.29) is 12.1 Å². The topological polar surface area (TPSA) is 79.5 Å². The lowest BCUT2D eigenvalue weighted by molar-refractivity contribution is 0.187. The molecule has 0 bridgehead atoms. The fourth-order valence-corrected chi connectivity index (χ4v) is 3.39. The van der Waals surface area contributed by atoms with E-state index in [4.69, 9.17) is 0 Å². The summed E-state index contributed by atoms with van der Waals surface area (Å²) in [4.78, 5) is 25.8. The second-order valence-electron chi connectivity index (χ2n) is 5.39. The van der Waals surface area contributed by atoms with Crippen LogP contribution >= 0.6 is 11.3 Å². The van der Waals surface area contributed by atoms with E-state index in [1.54, 1.807) is 35.6 Å². The number of carbonyl (C=O) groups excluding carboxylic acids is 2. The number of carbonyl (C=O) groups is 2. The molecule has 3 amide bonds. The van der Waals surface area contributed by atoms with Gasteiger partial charge in [0.15, 0.2) is 0 Å². The van der Waals surface area contributed by atoms with Crippen LogP contribution in [0.25, 0.3) is 0 Å². The van der Waals surface area contributed by atoms with Crippen molar-refractivity contribution in [2.75, 3.05) is 17.7 Å². The van der Waals surface area contributed by atoms with Crippen molar-refractivity contribution in [2.45, 2.75) is 26.8 Å². The first-order valence-corrected chi connectivity index (χ1v) is 8.30. The Balaban J connectivity index is 1.98. The zero-order valence-electron chi connectivity index (χ0n) is 14.1. The number of thiophene rings is 1. The van der Waals surface area contributed by atoms with Crippen molar-refractivity contribution in [3.63, 3.8) is 0 Å². The Bertz CT molecular complexity index is 742. The van der Waals surface area contributed by atoms with E-state index in [0.717, 1.165) is 5.56 Å². The number of ether oxygens (including phenoxy) is 1. The van der Waals surface area contributed by atoms with Gasteiger partial charge < -0.3 is 15.4 Å². The molecule has 1 heterocycles. The first kappa shape index (κ1) is 17.8. The highest BCUT2D eigenvalue weighted by Crippen LogP contribution is 2.26. The number of aryl methyl sites for hydroxylation is 2. The molecule has 0 saturated heterocycles. The number of urea groups is 1. The Kier molecular flexibility index (Phi) is 5.81. The fourth-order valence-electron chi connectivity index (χ4n) is 2.37. The van der Waals surface area contributed by atoms with Crippen LogP contribution in [0, 0.1) is 13.8 Å². The second kappa shape index (κ2) is 7.83. The van der Waals surface area contributed by atoms with Crippen molar-refractivity contribution in [3.05, 3.63) is 45.6 Å². The normalized spacial score (nSPS) is 11.5. The van der Waals surface area contributed by atoms with Gasteiger partial charge in [0.2, 0.25) is 0 Å². The van der Waals surface area contributed by atoms with Crippen molar-refractivity contribution in [3.8, 4) is 0 Å². The summed E-state index contributed by atoms with van der Waals surface area (Å²) in [6.45, 7) is 6.04. The number of benzene rings is 1. The van der Waals surface area contributed by atoms with E-state index in [1.165, 1.54) is 16.9 Å². The molecule has 1 aromatic heterocycles. The standard InChI is InChI=1S/C17H21N3O3S/c1-10-8-15(12(3)24-10)11(2)18-16(21)19-13-6-5-7-14(9-13)20-17(22)23-4/h5-9,11H,1-4H3,(H,20,22)(H2,18,19,21). The van der Waals surface area contributed by atoms with Crippen LogP contribution in [0.15, 0.2) is 30.3 Å². The van der Waals surface area contributed by atoms with Gasteiger partial charge >= 0.3 is 12.1 Å². The summed E-state index contributed by atoms with van der Waals surface area (Å²) in [5.41, 5.74) is 2.23. The third-order valence-corrected chi connectivity index (χ3v) is 4.43. The third kappa shape index (κ3) is 4.73. The molecular weight excluding hydrogens is 326 g/mol. The predicted molar refractivity (Wildman–Crippen MR) is 96.8 cm³/mol. The average molecular weight is 347 g/mol. The van der Waals surface area contributed by atoms with Gasteiger partial charge in [-0.15, -0.1) is 11.3 Å². The lowest BCUT2D eigenvalue weighted by Crippen LogP contribution is -2.31. The van der Waals surface area contributed by atoms with E-state index in [2.05, 4.69) is 26.8 Å². The van der Waals surface area contributed by atoms with E-state index in [9.17, 15) is 9.59 Å². The third-order valence-electron chi connectivity index (χ3n) is 3.45. The molecule has 1 aromatic carbocycles. The van der Waals surface area contributed by atoms with Gasteiger partial charge in [-0.3, -0.25) is 5.32 Å². The molecule has 0 saturated carbocycles. The van der Waals surface area contributed by atoms with Gasteiger partial charge in [0.25, 0.3) is 0 Å². The molecule has 0 fully saturated rings. The van der Waals surface area contributed by atoms with Crippen molar-refractivity contribution in [2.24, 2.45) is 0 Å². The molecule has 1 atom stereocenters. The van der Waals surface area contributed by atoms with E-state index in [1.807, 2.05) is 20.8 Å². The monoisotopic (exact) mass is 347 g/mol. The average Bonchev–Trinajstić information content (AvgIpc) is 2.86. The molecule has 2 aromatic rings. The minimum Gasteiger partial charge on any atom is -0.453 e. The first-order valence-electron chi connectivity index (χ1n) is 7.48. The first-order chi connectivity index (χ1) is 11.4. The number of nitrogens with one attached hydrogen (secondary N) is 3. The smallest absolute Gasteiger partial charge is 0.411 e. The Morgan fingerprint density at radius 2 is 1.79 bits per heavy atom. The summed E-state index contributed by atoms with van der Waals surface area (Å²) in [6, 6.07) is 8.53. The summed E-state index contributed by atoms with van der Waals surface area (Å²) in [5, 5.41) is 8.23. The van der Waals surface area contributed by atoms with E-state index >= 15 is 0 Å². The van der Waals surface area contributed by atoms with Gasteiger partial charge in [-0.25, -0.2) is 9.59 Å². The van der Waals surface area contributed by atoms with Gasteiger partial charge in [-0.05, 0) is 50.6 Å². The van der Waals surface area contributed by atoms with Crippen molar-refractivity contribution in [1.29, 1.82) is 0 Å². The maximum atomic E-state index is 12.2. The quantitative estimate of drug-likeness (QED) is 0.765. The summed E-state index contributed by atoms with van der Waals surface area (Å²) in [5.74, 6) is 0. The van der Waals surface area contributed by atoms with Gasteiger partial charge in [-0.2, -0.15) is 0 Å². The van der Waals surface area contributed by atoms with Crippen LogP contribution in [0.4, 0.5) is 21.0 Å². The summed E-state index contributed by atoms with van der Waals surface area (Å²) >= 11 is 1.71. The summed E-state index contributed by atoms with van der Waals surface area (Å²) in [6.07, 6.45) is -0.562. The zero-order chi connectivity index (χ0) is 17.7. The molecular formula is C17H21N3O3S. The Labute approximate surface area is 145 Å². The van der Waals surface area contributed by atoms with Crippen LogP contribution in [0.5, 0.6) is 0 Å². The number of amides is 3. The number of anilines is 2. The maximum Gasteiger partial charge on any atom is 0.411 e. The molecule has 24 heavy (non-hydrogen) atoms. The second-order valence-corrected chi connectivity index (χ2v) is 6.85. The van der Waals surface area contributed by atoms with Crippen LogP contribution in [0.1, 0.15) is 28.3 Å². The molecule has 128 valence electrons. The summed E-state index contributed by atoms with van der Waals surface area (Å²) in [7, 11) is 1.29. The van der Waals surface area contributed by atoms with Gasteiger partial charge in [-0.1, -0.05) is 6.07 Å². The minimum absolute atomic E-state index is 0.0914. The van der Waals surface area contributed by atoms with Gasteiger partial charge in [0.1, 0.15) is 0 Å². The molecule has 7 heteroatoms. The molecule has 1 unspecified atom stereocenters. The molecule has 0 spiro atoms. The van der Waals surface area contributed by atoms with Crippen LogP contribution in [0.2, 0.25) is 0 Å². The van der Waals surface area contributed by atoms with Crippen molar-refractivity contribution < 1.29 is 14.3 Å². The molecule has 3 N–H and O–H groups in total. The molecule has 0 aliphatic rings. The molecule has 0 radical (unpaired) electrons. The summed E-state index contributed by atoms with van der Waals surface area (Å²) < 4.78 is 4.54. The lowest BCUT2D eigenvalue weighted by Gasteiger charge is -2.15. The van der Waals surface area contributed by atoms with Crippen LogP contribution in [-0.2, 0) is 4.74 Å². The van der Waals surface area contributed by atoms with Gasteiger partial charge in [0.05, 0.1) is 13.2 Å². The highest BCUT2D eigenvalue weighted by molar-refractivity contribution is 7.12. The van der Waals surface area contributed by atoms with Crippen LogP contribution in [-0.4, -0.2) is 19.2 Å². The molecule has 0 aliphatic heterocycles. The van der Waals surface area contributed by atoms with E-state index in [0.29, 0.717) is 11.4 Å². The number of hydrogen-bond donors (Lipinski definition) is 3. The van der Waals surface area contributed by atoms with Crippen molar-refractivity contribution in [1.82, 2.24) is 5.32 Å². The van der Waals surface area contributed by atoms with Crippen molar-refractivity contribution >= 4 is 34.8 Å². The highest BCUT2D eigenvalue weighted by atomic mass is 32.1. The molecule has 6 nitrogen and oxygen atoms in total. The fraction of sp³-hybridized carbons (Fsp3) is 0.294. The number of hydrogen-bond acceptors (Lipinski definition) is 4. The van der Waals surface area contributed by atoms with Crippen LogP contribution < -0.4 is 16.0 Å². The number of methoxy groups -OCH3 is 1. The Morgan fingerprint density at radius 3 is 2.38 bits per heavy atom. The highest BCUT2D eigenvalue weighted by Gasteiger charge is 2.14. The maximum absolute atomic E-state index is 12.2. The molecule has 0 aliphatic carbocycles. The number of rotatable bonds is 4. The largest absolute Gasteiger partial charge is 0.453 e. The SMILES string of the molecule is COC(=O)Nc1cccc(NC(=O)NC(C)c2cc(C)sc2C)c1. The Morgan fingerprint density at radius 1 is 1.12 bits per heavy atom. The minimum atomic E-state index is -0.562. The zero-order valence-corrected chi connectivity index (χ0v) is 14.9. The molecule has 2 rings (SSSR count). The van der Waals surface area contributed by atoms with E-state index < -0.39 is 6.09 Å². The van der Waals surface area contributed by atoms with Gasteiger partial charge in [0, 0.05) is 21.1 Å². The Hall–Kier alpha value is -2.54. The predicted octanol–water partition coefficient (Wildman–Crippen LogP) is 4.43. The van der Waals surface area contributed by atoms with Crippen LogP contribution in [0.3, 0.4) is 0 Å².